The number of hydrogen-bond donors (Lipinski definition) is 4. The number of hydrogen-bond acceptors (Lipinski definition) is 9. The third kappa shape index (κ3) is 5.12. The molecule has 3 aromatic rings. The Labute approximate surface area is 185 Å². The van der Waals surface area contributed by atoms with E-state index in [0.717, 1.165) is 0 Å². The molecule has 0 fully saturated rings. The van der Waals surface area contributed by atoms with Gasteiger partial charge in [-0.3, -0.25) is 4.79 Å². The number of nitrogens with one attached hydrogen (secondary N) is 3. The molecule has 0 unspecified atom stereocenters. The van der Waals surface area contributed by atoms with Crippen LogP contribution >= 0.6 is 0 Å². The van der Waals surface area contributed by atoms with Crippen molar-refractivity contribution in [3.8, 4) is 0 Å². The van der Waals surface area contributed by atoms with Crippen LogP contribution in [0.15, 0.2) is 62.9 Å². The van der Waals surface area contributed by atoms with Crippen LogP contribution in [0.1, 0.15) is 27.6 Å². The maximum Gasteiger partial charge on any atom is 0.340 e. The van der Waals surface area contributed by atoms with Gasteiger partial charge in [0.25, 0.3) is 5.91 Å². The summed E-state index contributed by atoms with van der Waals surface area (Å²) in [6.07, 6.45) is 0. The zero-order valence-electron chi connectivity index (χ0n) is 17.8. The summed E-state index contributed by atoms with van der Waals surface area (Å²) in [5, 5.41) is 20.2. The van der Waals surface area contributed by atoms with Crippen LogP contribution in [0.4, 0.5) is 11.4 Å². The Hall–Kier alpha value is -4.74. The summed E-state index contributed by atoms with van der Waals surface area (Å²) < 4.78 is 9.35. The van der Waals surface area contributed by atoms with Crippen molar-refractivity contribution in [2.45, 2.75) is 6.92 Å². The summed E-state index contributed by atoms with van der Waals surface area (Å²) in [5.41, 5.74) is 0.472. The molecule has 0 radical (unpaired) electrons. The van der Waals surface area contributed by atoms with Crippen molar-refractivity contribution in [3.63, 3.8) is 0 Å². The minimum Gasteiger partial charge on any atom is -0.510 e. The van der Waals surface area contributed by atoms with Crippen molar-refractivity contribution in [1.29, 1.82) is 0 Å². The van der Waals surface area contributed by atoms with E-state index in [-0.39, 0.29) is 16.8 Å². The molecule has 0 aliphatic carbocycles. The number of benzene rings is 2. The number of imidazole rings is 1. The Morgan fingerprint density at radius 1 is 0.970 bits per heavy atom. The SMILES string of the molecule is COC(=O)c1ccc(C(=O)OC)c(N=N/C(C(=O)Nc2ccc3[nH]c(=O)[nH]c3c2)=C(/C)O)c1. The van der Waals surface area contributed by atoms with E-state index in [1.165, 1.54) is 45.4 Å². The van der Waals surface area contributed by atoms with Crippen LogP contribution < -0.4 is 11.0 Å². The van der Waals surface area contributed by atoms with Gasteiger partial charge >= 0.3 is 17.6 Å². The van der Waals surface area contributed by atoms with Gasteiger partial charge in [-0.15, -0.1) is 10.2 Å². The predicted molar refractivity (Wildman–Crippen MR) is 117 cm³/mol. The van der Waals surface area contributed by atoms with Crippen LogP contribution in [0, 0.1) is 0 Å². The summed E-state index contributed by atoms with van der Waals surface area (Å²) in [4.78, 5) is 53.1. The summed E-state index contributed by atoms with van der Waals surface area (Å²) >= 11 is 0. The number of rotatable bonds is 6. The highest BCUT2D eigenvalue weighted by atomic mass is 16.5. The smallest absolute Gasteiger partial charge is 0.340 e. The van der Waals surface area contributed by atoms with E-state index in [0.29, 0.717) is 16.7 Å². The minimum atomic E-state index is -0.806. The molecule has 0 saturated carbocycles. The number of allylic oxidation sites excluding steroid dienone is 1. The van der Waals surface area contributed by atoms with Crippen LogP contribution in [-0.4, -0.2) is 47.1 Å². The Kier molecular flexibility index (Phi) is 6.67. The molecule has 0 aliphatic rings. The van der Waals surface area contributed by atoms with Gasteiger partial charge in [0.2, 0.25) is 0 Å². The summed E-state index contributed by atoms with van der Waals surface area (Å²) in [7, 11) is 2.36. The van der Waals surface area contributed by atoms with Gasteiger partial charge in [0.15, 0.2) is 5.70 Å². The van der Waals surface area contributed by atoms with Gasteiger partial charge in [-0.1, -0.05) is 0 Å². The number of nitrogens with zero attached hydrogens (tertiary/aromatic N) is 2. The zero-order valence-corrected chi connectivity index (χ0v) is 17.8. The Balaban J connectivity index is 1.92. The topological polar surface area (TPSA) is 175 Å². The minimum absolute atomic E-state index is 0.0221. The molecule has 1 aromatic heterocycles. The molecule has 0 spiro atoms. The number of amides is 1. The largest absolute Gasteiger partial charge is 0.510 e. The fourth-order valence-corrected chi connectivity index (χ4v) is 2.83. The Morgan fingerprint density at radius 2 is 1.67 bits per heavy atom. The summed E-state index contributed by atoms with van der Waals surface area (Å²) in [6, 6.07) is 8.52. The van der Waals surface area contributed by atoms with Crippen LogP contribution in [0.2, 0.25) is 0 Å². The van der Waals surface area contributed by atoms with Gasteiger partial charge in [-0.05, 0) is 43.3 Å². The highest BCUT2D eigenvalue weighted by Gasteiger charge is 2.18. The highest BCUT2D eigenvalue weighted by molar-refractivity contribution is 6.04. The maximum atomic E-state index is 12.7. The first-order valence-corrected chi connectivity index (χ1v) is 9.39. The number of esters is 2. The van der Waals surface area contributed by atoms with E-state index in [1.807, 2.05) is 0 Å². The van der Waals surface area contributed by atoms with Crippen LogP contribution in [0.5, 0.6) is 0 Å². The van der Waals surface area contributed by atoms with Crippen molar-refractivity contribution in [2.24, 2.45) is 10.2 Å². The van der Waals surface area contributed by atoms with Gasteiger partial charge in [-0.2, -0.15) is 0 Å². The molecule has 3 rings (SSSR count). The lowest BCUT2D eigenvalue weighted by atomic mass is 10.1. The standard InChI is InChI=1S/C21H19N5O7/c1-10(27)17(18(28)22-12-5-7-14-16(9-12)24-21(31)23-14)26-25-15-8-11(19(29)32-2)4-6-13(15)20(30)33-3/h4-9,27H,1-3H3,(H,22,28)(H2,23,24,31)/b17-10-,26-25?. The van der Waals surface area contributed by atoms with Crippen molar-refractivity contribution in [1.82, 2.24) is 9.97 Å². The number of methoxy groups -OCH3 is 2. The predicted octanol–water partition coefficient (Wildman–Crippen LogP) is 2.94. The first-order chi connectivity index (χ1) is 15.7. The van der Waals surface area contributed by atoms with Crippen LogP contribution in [0.25, 0.3) is 11.0 Å². The van der Waals surface area contributed by atoms with E-state index in [4.69, 9.17) is 4.74 Å². The molecule has 4 N–H and O–H groups in total. The number of fused-ring (bicyclic) bond motifs is 1. The number of aliphatic hydroxyl groups is 1. The molecule has 0 atom stereocenters. The molecule has 0 aliphatic heterocycles. The monoisotopic (exact) mass is 453 g/mol. The molecule has 33 heavy (non-hydrogen) atoms. The number of aromatic nitrogens is 2. The van der Waals surface area contributed by atoms with Gasteiger partial charge in [0.1, 0.15) is 11.4 Å². The fourth-order valence-electron chi connectivity index (χ4n) is 2.83. The first kappa shape index (κ1) is 22.9. The zero-order chi connectivity index (χ0) is 24.1. The average molecular weight is 453 g/mol. The fraction of sp³-hybridized carbons (Fsp3) is 0.143. The lowest BCUT2D eigenvalue weighted by molar-refractivity contribution is -0.113. The van der Waals surface area contributed by atoms with E-state index in [1.54, 1.807) is 12.1 Å². The van der Waals surface area contributed by atoms with E-state index >= 15 is 0 Å². The van der Waals surface area contributed by atoms with Gasteiger partial charge < -0.3 is 29.9 Å². The lowest BCUT2D eigenvalue weighted by Crippen LogP contribution is -2.14. The first-order valence-electron chi connectivity index (χ1n) is 9.39. The quantitative estimate of drug-likeness (QED) is 0.192. The second-order valence-corrected chi connectivity index (χ2v) is 6.64. The van der Waals surface area contributed by atoms with E-state index < -0.39 is 35.0 Å². The number of aliphatic hydroxyl groups excluding tert-OH is 1. The normalized spacial score (nSPS) is 11.8. The number of carbonyl (C=O) groups is 3. The average Bonchev–Trinajstić information content (AvgIpc) is 3.17. The molecule has 12 heteroatoms. The van der Waals surface area contributed by atoms with Crippen molar-refractivity contribution >= 4 is 40.3 Å². The number of ether oxygens (including phenoxy) is 2. The third-order valence-electron chi connectivity index (χ3n) is 4.41. The lowest BCUT2D eigenvalue weighted by Gasteiger charge is -2.07. The number of H-pyrrole nitrogens is 2. The number of azo groups is 1. The second-order valence-electron chi connectivity index (χ2n) is 6.64. The molecular weight excluding hydrogens is 434 g/mol. The van der Waals surface area contributed by atoms with Gasteiger partial charge in [-0.25, -0.2) is 14.4 Å². The Bertz CT molecular complexity index is 1360. The molecule has 170 valence electrons. The number of carbonyl (C=O) groups excluding carboxylic acids is 3. The molecule has 1 heterocycles. The molecule has 12 nitrogen and oxygen atoms in total. The van der Waals surface area contributed by atoms with Crippen molar-refractivity contribution < 1.29 is 29.0 Å². The summed E-state index contributed by atoms with van der Waals surface area (Å²) in [5.74, 6) is -2.67. The molecular formula is C21H19N5O7. The van der Waals surface area contributed by atoms with Crippen LogP contribution in [0.3, 0.4) is 0 Å². The van der Waals surface area contributed by atoms with Crippen molar-refractivity contribution in [3.05, 3.63) is 69.5 Å². The number of anilines is 1. The van der Waals surface area contributed by atoms with Crippen molar-refractivity contribution in [2.75, 3.05) is 19.5 Å². The van der Waals surface area contributed by atoms with E-state index in [2.05, 4.69) is 30.3 Å². The summed E-state index contributed by atoms with van der Waals surface area (Å²) in [6.45, 7) is 1.23. The molecule has 1 amide bonds. The maximum absolute atomic E-state index is 12.7. The van der Waals surface area contributed by atoms with Gasteiger partial charge in [0.05, 0.1) is 36.4 Å². The molecule has 2 aromatic carbocycles. The van der Waals surface area contributed by atoms with E-state index in [9.17, 15) is 24.3 Å². The molecule has 0 bridgehead atoms. The van der Waals surface area contributed by atoms with Gasteiger partial charge in [0, 0.05) is 5.69 Å². The van der Waals surface area contributed by atoms with Crippen LogP contribution in [-0.2, 0) is 14.3 Å². The molecule has 0 saturated heterocycles. The highest BCUT2D eigenvalue weighted by Crippen LogP contribution is 2.25. The number of aromatic amines is 2. The second kappa shape index (κ2) is 9.60. The third-order valence-corrected chi connectivity index (χ3v) is 4.41. The Morgan fingerprint density at radius 3 is 2.33 bits per heavy atom.